The summed E-state index contributed by atoms with van der Waals surface area (Å²) in [5.41, 5.74) is 2.87. The van der Waals surface area contributed by atoms with Crippen molar-refractivity contribution in [3.05, 3.63) is 54.1 Å². The van der Waals surface area contributed by atoms with Gasteiger partial charge in [0.25, 0.3) is 0 Å². The van der Waals surface area contributed by atoms with Gasteiger partial charge in [-0.15, -0.1) is 0 Å². The molecule has 130 valence electrons. The molecule has 3 aromatic rings. The Kier molecular flexibility index (Phi) is 4.59. The fourth-order valence-electron chi connectivity index (χ4n) is 2.47. The van der Waals surface area contributed by atoms with Crippen LogP contribution in [0.5, 0.6) is 0 Å². The maximum absolute atomic E-state index is 12.4. The zero-order chi connectivity index (χ0) is 18.0. The summed E-state index contributed by atoms with van der Waals surface area (Å²) in [6.07, 6.45) is 0. The first-order chi connectivity index (χ1) is 11.8. The van der Waals surface area contributed by atoms with Crippen LogP contribution in [0.15, 0.2) is 53.7 Å². The third-order valence-corrected chi connectivity index (χ3v) is 5.27. The van der Waals surface area contributed by atoms with E-state index in [4.69, 9.17) is 0 Å². The highest BCUT2D eigenvalue weighted by Gasteiger charge is 2.23. The van der Waals surface area contributed by atoms with E-state index < -0.39 is 21.5 Å². The number of imidazole rings is 1. The number of rotatable bonds is 5. The molecule has 0 spiro atoms. The van der Waals surface area contributed by atoms with Crippen molar-refractivity contribution in [1.82, 2.24) is 9.97 Å². The normalized spacial score (nSPS) is 11.8. The first kappa shape index (κ1) is 17.2. The maximum atomic E-state index is 12.4. The molecule has 0 unspecified atom stereocenters. The zero-order valence-corrected chi connectivity index (χ0v) is 14.8. The highest BCUT2D eigenvalue weighted by molar-refractivity contribution is 7.92. The summed E-state index contributed by atoms with van der Waals surface area (Å²) in [5.74, 6) is -0.880. The van der Waals surface area contributed by atoms with E-state index in [-0.39, 0.29) is 5.16 Å². The van der Waals surface area contributed by atoms with Gasteiger partial charge < -0.3 is 10.3 Å². The molecule has 0 aliphatic rings. The molecule has 1 heterocycles. The summed E-state index contributed by atoms with van der Waals surface area (Å²) in [4.78, 5) is 18.9. The molecule has 2 aromatic carbocycles. The number of hydrogen-bond donors (Lipinski definition) is 2. The predicted molar refractivity (Wildman–Crippen MR) is 97.3 cm³/mol. The minimum Gasteiger partial charge on any atom is -0.329 e. The van der Waals surface area contributed by atoms with E-state index in [0.717, 1.165) is 5.56 Å². The number of nitrogens with one attached hydrogen (secondary N) is 2. The molecular weight excluding hydrogens is 338 g/mol. The van der Waals surface area contributed by atoms with E-state index in [2.05, 4.69) is 29.1 Å². The Morgan fingerprint density at radius 2 is 1.80 bits per heavy atom. The summed E-state index contributed by atoms with van der Waals surface area (Å²) in [5, 5.41) is 2.41. The van der Waals surface area contributed by atoms with E-state index in [1.165, 1.54) is 0 Å². The molecule has 0 radical (unpaired) electrons. The van der Waals surface area contributed by atoms with E-state index in [0.29, 0.717) is 22.6 Å². The number of nitrogens with zero attached hydrogens (tertiary/aromatic N) is 1. The summed E-state index contributed by atoms with van der Waals surface area (Å²) in [6, 6.07) is 14.3. The molecule has 0 saturated carbocycles. The van der Waals surface area contributed by atoms with Crippen molar-refractivity contribution in [3.63, 3.8) is 0 Å². The number of aromatic nitrogens is 2. The first-order valence-electron chi connectivity index (χ1n) is 7.92. The fraction of sp³-hybridized carbons (Fsp3) is 0.222. The van der Waals surface area contributed by atoms with Crippen molar-refractivity contribution < 1.29 is 13.2 Å². The molecule has 25 heavy (non-hydrogen) atoms. The Hall–Kier alpha value is -2.67. The third kappa shape index (κ3) is 3.88. The quantitative estimate of drug-likeness (QED) is 0.734. The number of amides is 1. The van der Waals surface area contributed by atoms with Gasteiger partial charge in [0.15, 0.2) is 0 Å². The van der Waals surface area contributed by atoms with Crippen molar-refractivity contribution in [2.24, 2.45) is 0 Å². The second kappa shape index (κ2) is 6.68. The van der Waals surface area contributed by atoms with E-state index in [1.54, 1.807) is 36.4 Å². The summed E-state index contributed by atoms with van der Waals surface area (Å²) < 4.78 is 24.8. The van der Waals surface area contributed by atoms with Gasteiger partial charge in [-0.25, -0.2) is 13.4 Å². The van der Waals surface area contributed by atoms with Gasteiger partial charge in [0, 0.05) is 5.69 Å². The number of hydrogen-bond acceptors (Lipinski definition) is 4. The van der Waals surface area contributed by atoms with Gasteiger partial charge in [0.05, 0.1) is 11.0 Å². The number of sulfone groups is 1. The maximum Gasteiger partial charge on any atom is 0.240 e. The van der Waals surface area contributed by atoms with Crippen LogP contribution in [0.25, 0.3) is 11.0 Å². The van der Waals surface area contributed by atoms with Crippen LogP contribution in [0, 0.1) is 0 Å². The van der Waals surface area contributed by atoms with Gasteiger partial charge in [-0.3, -0.25) is 4.79 Å². The van der Waals surface area contributed by atoms with Gasteiger partial charge >= 0.3 is 0 Å². The summed E-state index contributed by atoms with van der Waals surface area (Å²) in [7, 11) is -3.84. The van der Waals surface area contributed by atoms with Crippen molar-refractivity contribution >= 4 is 32.5 Å². The van der Waals surface area contributed by atoms with E-state index in [9.17, 15) is 13.2 Å². The third-order valence-electron chi connectivity index (χ3n) is 3.84. The van der Waals surface area contributed by atoms with Gasteiger partial charge in [-0.1, -0.05) is 38.1 Å². The van der Waals surface area contributed by atoms with Crippen LogP contribution in [0.3, 0.4) is 0 Å². The van der Waals surface area contributed by atoms with Crippen molar-refractivity contribution in [1.29, 1.82) is 0 Å². The molecular formula is C18H19N3O3S. The summed E-state index contributed by atoms with van der Waals surface area (Å²) >= 11 is 0. The van der Waals surface area contributed by atoms with E-state index in [1.807, 2.05) is 12.1 Å². The summed E-state index contributed by atoms with van der Waals surface area (Å²) in [6.45, 7) is 4.15. The Morgan fingerprint density at radius 1 is 1.12 bits per heavy atom. The van der Waals surface area contributed by atoms with Gasteiger partial charge in [0.1, 0.15) is 5.75 Å². The van der Waals surface area contributed by atoms with Crippen LogP contribution in [0.4, 0.5) is 5.69 Å². The number of H-pyrrole nitrogens is 1. The number of aromatic amines is 1. The molecule has 3 rings (SSSR count). The predicted octanol–water partition coefficient (Wildman–Crippen LogP) is 3.10. The lowest BCUT2D eigenvalue weighted by Gasteiger charge is -2.08. The van der Waals surface area contributed by atoms with Gasteiger partial charge in [0.2, 0.25) is 20.9 Å². The van der Waals surface area contributed by atoms with Crippen LogP contribution in [0.1, 0.15) is 25.3 Å². The highest BCUT2D eigenvalue weighted by atomic mass is 32.2. The zero-order valence-electron chi connectivity index (χ0n) is 14.0. The van der Waals surface area contributed by atoms with Crippen LogP contribution in [-0.2, 0) is 14.6 Å². The molecule has 0 saturated heterocycles. The molecule has 0 aliphatic heterocycles. The number of anilines is 1. The number of benzene rings is 2. The van der Waals surface area contributed by atoms with Crippen LogP contribution in [0.2, 0.25) is 0 Å². The van der Waals surface area contributed by atoms with Crippen molar-refractivity contribution in [2.75, 3.05) is 11.1 Å². The number of fused-ring (bicyclic) bond motifs is 1. The standard InChI is InChI=1S/C18H19N3O3S/c1-12(2)13-7-9-14(10-8-13)19-17(22)11-25(23,24)18-20-15-5-3-4-6-16(15)21-18/h3-10,12H,11H2,1-2H3,(H,19,22)(H,20,21). The minimum absolute atomic E-state index is 0.195. The smallest absolute Gasteiger partial charge is 0.240 e. The highest BCUT2D eigenvalue weighted by Crippen LogP contribution is 2.18. The Labute approximate surface area is 146 Å². The van der Waals surface area contributed by atoms with Crippen LogP contribution >= 0.6 is 0 Å². The molecule has 1 aromatic heterocycles. The fourth-order valence-corrected chi connectivity index (χ4v) is 3.52. The first-order valence-corrected chi connectivity index (χ1v) is 9.58. The Bertz CT molecular complexity index is 972. The second-order valence-corrected chi connectivity index (χ2v) is 8.05. The van der Waals surface area contributed by atoms with Gasteiger partial charge in [-0.2, -0.15) is 0 Å². The lowest BCUT2D eigenvalue weighted by molar-refractivity contribution is -0.113. The topological polar surface area (TPSA) is 91.9 Å². The molecule has 2 N–H and O–H groups in total. The van der Waals surface area contributed by atoms with Crippen molar-refractivity contribution in [3.8, 4) is 0 Å². The molecule has 0 aliphatic carbocycles. The molecule has 0 atom stereocenters. The SMILES string of the molecule is CC(C)c1ccc(NC(=O)CS(=O)(=O)c2nc3ccccc3[nH]2)cc1. The van der Waals surface area contributed by atoms with Crippen LogP contribution < -0.4 is 5.32 Å². The molecule has 1 amide bonds. The van der Waals surface area contributed by atoms with E-state index >= 15 is 0 Å². The number of para-hydroxylation sites is 2. The van der Waals surface area contributed by atoms with Crippen LogP contribution in [-0.4, -0.2) is 30.0 Å². The molecule has 6 nitrogen and oxygen atoms in total. The largest absolute Gasteiger partial charge is 0.329 e. The Balaban J connectivity index is 1.72. The molecule has 7 heteroatoms. The minimum atomic E-state index is -3.84. The monoisotopic (exact) mass is 357 g/mol. The average molecular weight is 357 g/mol. The molecule has 0 bridgehead atoms. The number of carbonyl (C=O) groups is 1. The Morgan fingerprint density at radius 3 is 2.44 bits per heavy atom. The average Bonchev–Trinajstić information content (AvgIpc) is 3.00. The lowest BCUT2D eigenvalue weighted by atomic mass is 10.0. The molecule has 0 fully saturated rings. The van der Waals surface area contributed by atoms with Crippen molar-refractivity contribution in [2.45, 2.75) is 24.9 Å². The second-order valence-electron chi connectivity index (χ2n) is 6.14. The van der Waals surface area contributed by atoms with Gasteiger partial charge in [-0.05, 0) is 35.7 Å². The lowest BCUT2D eigenvalue weighted by Crippen LogP contribution is -2.23. The number of carbonyl (C=O) groups excluding carboxylic acids is 1.